The van der Waals surface area contributed by atoms with Gasteiger partial charge in [-0.1, -0.05) is 12.7 Å². The van der Waals surface area contributed by atoms with E-state index in [0.717, 1.165) is 10.4 Å². The van der Waals surface area contributed by atoms with Crippen molar-refractivity contribution in [3.63, 3.8) is 0 Å². The first-order chi connectivity index (χ1) is 13.5. The Morgan fingerprint density at radius 3 is 2.89 bits per heavy atom. The molecule has 0 aromatic carbocycles. The second-order valence-electron chi connectivity index (χ2n) is 5.96. The van der Waals surface area contributed by atoms with Crippen LogP contribution in [0.2, 0.25) is 0 Å². The van der Waals surface area contributed by atoms with Gasteiger partial charge in [0.05, 0.1) is 5.56 Å². The van der Waals surface area contributed by atoms with Gasteiger partial charge in [0.15, 0.2) is 0 Å². The molecule has 7 nitrogen and oxygen atoms in total. The number of rotatable bonds is 7. The standard InChI is InChI=1S/C20H22N4O3S/c1-4-13(12-22-3)6-9-18(25)24-19-16(11-21)15-8-7-14(10-17(15)28-19)27-20(26)23-5-2/h4,6,9,12,14H,1,3,5,7-8,10H2,2H3,(H,23,26)(H,24,25)/b9-6+,13-12+. The third-order valence-electron chi connectivity index (χ3n) is 4.07. The average molecular weight is 398 g/mol. The molecule has 2 rings (SSSR count). The molecule has 1 aromatic rings. The smallest absolute Gasteiger partial charge is 0.407 e. The normalized spacial score (nSPS) is 16.0. The maximum atomic E-state index is 12.2. The Kier molecular flexibility index (Phi) is 7.72. The number of carbonyl (C=O) groups is 2. The molecule has 1 atom stereocenters. The van der Waals surface area contributed by atoms with Gasteiger partial charge >= 0.3 is 6.09 Å². The lowest BCUT2D eigenvalue weighted by atomic mass is 9.94. The summed E-state index contributed by atoms with van der Waals surface area (Å²) in [6, 6.07) is 2.18. The number of nitrogens with zero attached hydrogens (tertiary/aromatic N) is 2. The van der Waals surface area contributed by atoms with E-state index in [9.17, 15) is 14.9 Å². The van der Waals surface area contributed by atoms with Crippen LogP contribution >= 0.6 is 11.3 Å². The predicted octanol–water partition coefficient (Wildman–Crippen LogP) is 3.49. The van der Waals surface area contributed by atoms with Gasteiger partial charge in [-0.25, -0.2) is 4.79 Å². The zero-order chi connectivity index (χ0) is 20.5. The van der Waals surface area contributed by atoms with E-state index in [2.05, 4.69) is 35.0 Å². The molecule has 1 unspecified atom stereocenters. The number of thiophene rings is 1. The Morgan fingerprint density at radius 1 is 1.46 bits per heavy atom. The van der Waals surface area contributed by atoms with Gasteiger partial charge in [-0.05, 0) is 43.7 Å². The Labute approximate surface area is 168 Å². The van der Waals surface area contributed by atoms with Crippen molar-refractivity contribution in [1.82, 2.24) is 5.32 Å². The molecule has 0 spiro atoms. The third-order valence-corrected chi connectivity index (χ3v) is 5.24. The molecular formula is C20H22N4O3S. The zero-order valence-corrected chi connectivity index (χ0v) is 16.5. The molecular weight excluding hydrogens is 376 g/mol. The molecule has 0 saturated heterocycles. The average Bonchev–Trinajstić information content (AvgIpc) is 3.01. The minimum absolute atomic E-state index is 0.237. The van der Waals surface area contributed by atoms with Gasteiger partial charge in [0.1, 0.15) is 17.2 Å². The Balaban J connectivity index is 2.12. The van der Waals surface area contributed by atoms with Gasteiger partial charge in [0, 0.05) is 30.1 Å². The molecule has 1 aliphatic carbocycles. The molecule has 28 heavy (non-hydrogen) atoms. The number of hydrogen-bond donors (Lipinski definition) is 2. The van der Waals surface area contributed by atoms with Gasteiger partial charge < -0.3 is 15.4 Å². The van der Waals surface area contributed by atoms with Crippen LogP contribution in [0.3, 0.4) is 0 Å². The minimum Gasteiger partial charge on any atom is -0.446 e. The first-order valence-electron chi connectivity index (χ1n) is 8.78. The quantitative estimate of drug-likeness (QED) is 0.417. The molecule has 0 radical (unpaired) electrons. The molecule has 0 saturated carbocycles. The highest BCUT2D eigenvalue weighted by Gasteiger charge is 2.28. The summed E-state index contributed by atoms with van der Waals surface area (Å²) >= 11 is 1.35. The number of carbonyl (C=O) groups excluding carboxylic acids is 2. The maximum absolute atomic E-state index is 12.2. The molecule has 0 aliphatic heterocycles. The van der Waals surface area contributed by atoms with Crippen LogP contribution in [0.25, 0.3) is 0 Å². The Bertz CT molecular complexity index is 877. The summed E-state index contributed by atoms with van der Waals surface area (Å²) in [6.07, 6.45) is 7.07. The maximum Gasteiger partial charge on any atom is 0.407 e. The highest BCUT2D eigenvalue weighted by molar-refractivity contribution is 7.16. The van der Waals surface area contributed by atoms with Gasteiger partial charge in [0.2, 0.25) is 5.91 Å². The summed E-state index contributed by atoms with van der Waals surface area (Å²) in [6.45, 7) is 9.32. The molecule has 1 aliphatic rings. The van der Waals surface area contributed by atoms with Gasteiger partial charge in [-0.2, -0.15) is 5.26 Å². The van der Waals surface area contributed by atoms with Crippen molar-refractivity contribution in [3.8, 4) is 6.07 Å². The molecule has 2 amide bonds. The first kappa shape index (κ1) is 21.1. The molecule has 1 heterocycles. The summed E-state index contributed by atoms with van der Waals surface area (Å²) in [7, 11) is 0. The highest BCUT2D eigenvalue weighted by Crippen LogP contribution is 2.38. The van der Waals surface area contributed by atoms with Gasteiger partial charge in [0.25, 0.3) is 0 Å². The molecule has 0 fully saturated rings. The molecule has 146 valence electrons. The fourth-order valence-corrected chi connectivity index (χ4v) is 4.06. The lowest BCUT2D eigenvalue weighted by molar-refractivity contribution is -0.111. The number of aliphatic imine (C=N–C) groups is 1. The number of hydrogen-bond acceptors (Lipinski definition) is 6. The zero-order valence-electron chi connectivity index (χ0n) is 15.7. The molecule has 1 aromatic heterocycles. The summed E-state index contributed by atoms with van der Waals surface area (Å²) in [5, 5.41) is 15.4. The van der Waals surface area contributed by atoms with Crippen LogP contribution < -0.4 is 10.6 Å². The Hall–Kier alpha value is -3.18. The van der Waals surface area contributed by atoms with E-state index < -0.39 is 6.09 Å². The van der Waals surface area contributed by atoms with E-state index in [-0.39, 0.29) is 12.0 Å². The van der Waals surface area contributed by atoms with E-state index in [1.807, 2.05) is 6.92 Å². The lowest BCUT2D eigenvalue weighted by Gasteiger charge is -2.22. The van der Waals surface area contributed by atoms with Crippen LogP contribution in [-0.2, 0) is 22.4 Å². The van der Waals surface area contributed by atoms with Crippen molar-refractivity contribution in [2.45, 2.75) is 32.3 Å². The van der Waals surface area contributed by atoms with Crippen LogP contribution in [0.5, 0.6) is 0 Å². The minimum atomic E-state index is -0.438. The van der Waals surface area contributed by atoms with Crippen LogP contribution in [0, 0.1) is 11.3 Å². The number of allylic oxidation sites excluding steroid dienone is 3. The summed E-state index contributed by atoms with van der Waals surface area (Å²) in [5.74, 6) is -0.359. The second kappa shape index (κ2) is 10.2. The largest absolute Gasteiger partial charge is 0.446 e. The van der Waals surface area contributed by atoms with E-state index >= 15 is 0 Å². The molecule has 0 bridgehead atoms. The fourth-order valence-electron chi connectivity index (χ4n) is 2.79. The predicted molar refractivity (Wildman–Crippen MR) is 111 cm³/mol. The van der Waals surface area contributed by atoms with Crippen molar-refractivity contribution < 1.29 is 14.3 Å². The monoisotopic (exact) mass is 398 g/mol. The topological polar surface area (TPSA) is 104 Å². The highest BCUT2D eigenvalue weighted by atomic mass is 32.1. The number of alkyl carbamates (subject to hydrolysis) is 1. The van der Waals surface area contributed by atoms with Gasteiger partial charge in [-0.15, -0.1) is 11.3 Å². The summed E-state index contributed by atoms with van der Waals surface area (Å²) in [4.78, 5) is 28.4. The number of fused-ring (bicyclic) bond motifs is 1. The summed E-state index contributed by atoms with van der Waals surface area (Å²) in [5.41, 5.74) is 2.04. The number of nitriles is 1. The van der Waals surface area contributed by atoms with Crippen LogP contribution in [-0.4, -0.2) is 31.4 Å². The summed E-state index contributed by atoms with van der Waals surface area (Å²) < 4.78 is 5.40. The lowest BCUT2D eigenvalue weighted by Crippen LogP contribution is -2.31. The van der Waals surface area contributed by atoms with Crippen molar-refractivity contribution in [3.05, 3.63) is 52.6 Å². The van der Waals surface area contributed by atoms with E-state index in [4.69, 9.17) is 4.74 Å². The van der Waals surface area contributed by atoms with E-state index in [0.29, 0.717) is 41.9 Å². The van der Waals surface area contributed by atoms with Crippen molar-refractivity contribution in [1.29, 1.82) is 5.26 Å². The van der Waals surface area contributed by atoms with Gasteiger partial charge in [-0.3, -0.25) is 9.79 Å². The first-order valence-corrected chi connectivity index (χ1v) is 9.60. The van der Waals surface area contributed by atoms with Crippen LogP contribution in [0.4, 0.5) is 9.80 Å². The fraction of sp³-hybridized carbons (Fsp3) is 0.300. The Morgan fingerprint density at radius 2 is 2.25 bits per heavy atom. The molecule has 2 N–H and O–H groups in total. The van der Waals surface area contributed by atoms with Crippen molar-refractivity contribution >= 4 is 35.1 Å². The SMILES string of the molecule is C=CC(/C=C/C(=O)Nc1sc2c(c1C#N)CCC(OC(=O)NCC)C2)=C\N=C. The van der Waals surface area contributed by atoms with E-state index in [1.54, 1.807) is 12.2 Å². The van der Waals surface area contributed by atoms with Crippen LogP contribution in [0.15, 0.2) is 41.6 Å². The third kappa shape index (κ3) is 5.41. The van der Waals surface area contributed by atoms with Crippen molar-refractivity contribution in [2.75, 3.05) is 11.9 Å². The number of amides is 2. The molecule has 8 heteroatoms. The van der Waals surface area contributed by atoms with Crippen molar-refractivity contribution in [2.24, 2.45) is 4.99 Å². The number of ether oxygens (including phenoxy) is 1. The van der Waals surface area contributed by atoms with Crippen LogP contribution in [0.1, 0.15) is 29.3 Å². The van der Waals surface area contributed by atoms with E-state index in [1.165, 1.54) is 23.6 Å². The number of anilines is 1. The second-order valence-corrected chi connectivity index (χ2v) is 7.06. The number of nitrogens with one attached hydrogen (secondary N) is 2.